The topological polar surface area (TPSA) is 98.5 Å². The van der Waals surface area contributed by atoms with Crippen LogP contribution in [0.15, 0.2) is 23.1 Å². The number of nitrogens with one attached hydrogen (secondary N) is 1. The Kier molecular flexibility index (Phi) is 4.64. The zero-order chi connectivity index (χ0) is 14.8. The summed E-state index contributed by atoms with van der Waals surface area (Å²) < 4.78 is 28.0. The monoisotopic (exact) mass is 318 g/mol. The lowest BCUT2D eigenvalue weighted by molar-refractivity contribution is 0.0857. The van der Waals surface area contributed by atoms with Crippen LogP contribution in [0.25, 0.3) is 0 Å². The lowest BCUT2D eigenvalue weighted by Crippen LogP contribution is -2.31. The maximum absolute atomic E-state index is 12.0. The van der Waals surface area contributed by atoms with Crippen molar-refractivity contribution in [1.82, 2.24) is 5.32 Å². The van der Waals surface area contributed by atoms with Gasteiger partial charge in [-0.05, 0) is 31.0 Å². The SMILES string of the molecule is NS(=O)(=O)c1cc(Cl)cc(C(=O)NCC2CCCO2)c1. The summed E-state index contributed by atoms with van der Waals surface area (Å²) in [7, 11) is -3.90. The molecule has 6 nitrogen and oxygen atoms in total. The van der Waals surface area contributed by atoms with Crippen LogP contribution in [0.4, 0.5) is 0 Å². The lowest BCUT2D eigenvalue weighted by Gasteiger charge is -2.11. The van der Waals surface area contributed by atoms with Crippen LogP contribution in [0.5, 0.6) is 0 Å². The van der Waals surface area contributed by atoms with Crippen molar-refractivity contribution in [2.24, 2.45) is 5.14 Å². The Morgan fingerprint density at radius 3 is 2.80 bits per heavy atom. The normalized spacial score (nSPS) is 19.0. The van der Waals surface area contributed by atoms with Crippen molar-refractivity contribution in [2.45, 2.75) is 23.8 Å². The highest BCUT2D eigenvalue weighted by Crippen LogP contribution is 2.18. The van der Waals surface area contributed by atoms with Crippen LogP contribution in [0.1, 0.15) is 23.2 Å². The van der Waals surface area contributed by atoms with E-state index in [2.05, 4.69) is 5.32 Å². The Labute approximate surface area is 122 Å². The molecule has 0 radical (unpaired) electrons. The highest BCUT2D eigenvalue weighted by atomic mass is 35.5. The molecule has 1 aliphatic rings. The molecule has 1 amide bonds. The summed E-state index contributed by atoms with van der Waals surface area (Å²) in [5, 5.41) is 7.86. The Morgan fingerprint density at radius 1 is 1.45 bits per heavy atom. The van der Waals surface area contributed by atoms with Crippen LogP contribution in [0.3, 0.4) is 0 Å². The van der Waals surface area contributed by atoms with E-state index in [0.717, 1.165) is 12.8 Å². The molecule has 0 aromatic heterocycles. The number of sulfonamides is 1. The fourth-order valence-corrected chi connectivity index (χ4v) is 2.85. The van der Waals surface area contributed by atoms with Crippen LogP contribution in [0.2, 0.25) is 5.02 Å². The second-order valence-electron chi connectivity index (χ2n) is 4.57. The average Bonchev–Trinajstić information content (AvgIpc) is 2.87. The third kappa shape index (κ3) is 3.92. The van der Waals surface area contributed by atoms with Crippen LogP contribution in [-0.4, -0.2) is 33.6 Å². The minimum absolute atomic E-state index is 0.0100. The molecule has 8 heteroatoms. The summed E-state index contributed by atoms with van der Waals surface area (Å²) in [6.45, 7) is 1.09. The average molecular weight is 319 g/mol. The third-order valence-electron chi connectivity index (χ3n) is 2.98. The second-order valence-corrected chi connectivity index (χ2v) is 6.56. The zero-order valence-electron chi connectivity index (χ0n) is 10.6. The molecule has 0 aliphatic carbocycles. The predicted molar refractivity (Wildman–Crippen MR) is 74.1 cm³/mol. The molecule has 1 heterocycles. The van der Waals surface area contributed by atoms with E-state index in [4.69, 9.17) is 21.5 Å². The molecule has 1 aromatic carbocycles. The van der Waals surface area contributed by atoms with Crippen LogP contribution in [-0.2, 0) is 14.8 Å². The largest absolute Gasteiger partial charge is 0.376 e. The Bertz CT molecular complexity index is 612. The van der Waals surface area contributed by atoms with Crippen molar-refractivity contribution in [3.63, 3.8) is 0 Å². The fourth-order valence-electron chi connectivity index (χ4n) is 1.97. The van der Waals surface area contributed by atoms with Gasteiger partial charge in [-0.1, -0.05) is 11.6 Å². The van der Waals surface area contributed by atoms with Crippen LogP contribution < -0.4 is 10.5 Å². The summed E-state index contributed by atoms with van der Waals surface area (Å²) in [6, 6.07) is 3.79. The van der Waals surface area contributed by atoms with Gasteiger partial charge in [-0.2, -0.15) is 0 Å². The quantitative estimate of drug-likeness (QED) is 0.861. The molecular formula is C12H15ClN2O4S. The van der Waals surface area contributed by atoms with Gasteiger partial charge in [0, 0.05) is 23.7 Å². The van der Waals surface area contributed by atoms with Gasteiger partial charge in [0.1, 0.15) is 0 Å². The second kappa shape index (κ2) is 6.09. The van der Waals surface area contributed by atoms with E-state index in [-0.39, 0.29) is 21.6 Å². The third-order valence-corrected chi connectivity index (χ3v) is 4.09. The first kappa shape index (κ1) is 15.2. The Morgan fingerprint density at radius 2 is 2.20 bits per heavy atom. The summed E-state index contributed by atoms with van der Waals surface area (Å²) >= 11 is 5.80. The number of ether oxygens (including phenoxy) is 1. The molecule has 20 heavy (non-hydrogen) atoms. The summed E-state index contributed by atoms with van der Waals surface area (Å²) in [6.07, 6.45) is 1.89. The van der Waals surface area contributed by atoms with Gasteiger partial charge in [0.15, 0.2) is 0 Å². The Hall–Kier alpha value is -1.15. The molecule has 0 bridgehead atoms. The van der Waals surface area contributed by atoms with Crippen molar-refractivity contribution < 1.29 is 17.9 Å². The minimum atomic E-state index is -3.90. The van der Waals surface area contributed by atoms with Crippen molar-refractivity contribution in [1.29, 1.82) is 0 Å². The number of nitrogens with two attached hydrogens (primary N) is 1. The van der Waals surface area contributed by atoms with Crippen molar-refractivity contribution in [3.8, 4) is 0 Å². The number of rotatable bonds is 4. The molecule has 1 fully saturated rings. The van der Waals surface area contributed by atoms with E-state index in [9.17, 15) is 13.2 Å². The first-order valence-corrected chi connectivity index (χ1v) is 8.02. The number of benzene rings is 1. The molecule has 2 rings (SSSR count). The van der Waals surface area contributed by atoms with Crippen LogP contribution >= 0.6 is 11.6 Å². The predicted octanol–water partition coefficient (Wildman–Crippen LogP) is 0.896. The van der Waals surface area contributed by atoms with Crippen molar-refractivity contribution in [2.75, 3.05) is 13.2 Å². The summed E-state index contributed by atoms with van der Waals surface area (Å²) in [4.78, 5) is 11.8. The first-order chi connectivity index (χ1) is 9.36. The number of amides is 1. The van der Waals surface area contributed by atoms with E-state index in [1.54, 1.807) is 0 Å². The van der Waals surface area contributed by atoms with Crippen molar-refractivity contribution in [3.05, 3.63) is 28.8 Å². The molecule has 1 aliphatic heterocycles. The van der Waals surface area contributed by atoms with Gasteiger partial charge in [-0.3, -0.25) is 4.79 Å². The molecule has 3 N–H and O–H groups in total. The summed E-state index contributed by atoms with van der Waals surface area (Å²) in [5.74, 6) is -0.409. The van der Waals surface area contributed by atoms with Gasteiger partial charge in [-0.15, -0.1) is 0 Å². The number of carbonyl (C=O) groups excluding carboxylic acids is 1. The van der Waals surface area contributed by atoms with Gasteiger partial charge in [0.25, 0.3) is 5.91 Å². The minimum Gasteiger partial charge on any atom is -0.376 e. The van der Waals surface area contributed by atoms with E-state index in [0.29, 0.717) is 13.2 Å². The highest BCUT2D eigenvalue weighted by molar-refractivity contribution is 7.89. The van der Waals surface area contributed by atoms with E-state index >= 15 is 0 Å². The van der Waals surface area contributed by atoms with Crippen LogP contribution in [0, 0.1) is 0 Å². The summed E-state index contributed by atoms with van der Waals surface area (Å²) in [5.41, 5.74) is 0.152. The maximum Gasteiger partial charge on any atom is 0.251 e. The molecule has 1 aromatic rings. The van der Waals surface area contributed by atoms with E-state index in [1.807, 2.05) is 0 Å². The number of carbonyl (C=O) groups is 1. The number of primary sulfonamides is 1. The fraction of sp³-hybridized carbons (Fsp3) is 0.417. The molecule has 1 atom stereocenters. The van der Waals surface area contributed by atoms with E-state index < -0.39 is 15.9 Å². The van der Waals surface area contributed by atoms with Gasteiger partial charge < -0.3 is 10.1 Å². The number of hydrogen-bond acceptors (Lipinski definition) is 4. The molecule has 1 unspecified atom stereocenters. The Balaban J connectivity index is 2.11. The van der Waals surface area contributed by atoms with Gasteiger partial charge in [0.2, 0.25) is 10.0 Å². The molecule has 110 valence electrons. The lowest BCUT2D eigenvalue weighted by atomic mass is 10.2. The van der Waals surface area contributed by atoms with E-state index in [1.165, 1.54) is 18.2 Å². The van der Waals surface area contributed by atoms with Crippen molar-refractivity contribution >= 4 is 27.5 Å². The smallest absolute Gasteiger partial charge is 0.251 e. The molecule has 0 saturated carbocycles. The molecule has 0 spiro atoms. The molecule has 1 saturated heterocycles. The molecular weight excluding hydrogens is 304 g/mol. The maximum atomic E-state index is 12.0. The highest BCUT2D eigenvalue weighted by Gasteiger charge is 2.18. The van der Waals surface area contributed by atoms with Gasteiger partial charge in [0.05, 0.1) is 11.0 Å². The van der Waals surface area contributed by atoms with Gasteiger partial charge >= 0.3 is 0 Å². The number of halogens is 1. The zero-order valence-corrected chi connectivity index (χ0v) is 12.2. The first-order valence-electron chi connectivity index (χ1n) is 6.09. The number of hydrogen-bond donors (Lipinski definition) is 2. The standard InChI is InChI=1S/C12H15ClN2O4S/c13-9-4-8(5-11(6-9)20(14,17)18)12(16)15-7-10-2-1-3-19-10/h4-6,10H,1-3,7H2,(H,15,16)(H2,14,17,18). The van der Waals surface area contributed by atoms with Gasteiger partial charge in [-0.25, -0.2) is 13.6 Å².